The molecule has 1 N–H and O–H groups in total. The molecule has 9 nitrogen and oxygen atoms in total. The Bertz CT molecular complexity index is 1490. The van der Waals surface area contributed by atoms with Crippen LogP contribution >= 0.6 is 0 Å². The summed E-state index contributed by atoms with van der Waals surface area (Å²) in [5, 5.41) is 3.45. The number of halogens is 1. The van der Waals surface area contributed by atoms with E-state index in [1.165, 1.54) is 17.7 Å². The van der Waals surface area contributed by atoms with Gasteiger partial charge in [-0.25, -0.2) is 19.3 Å². The van der Waals surface area contributed by atoms with Crippen molar-refractivity contribution in [2.75, 3.05) is 23.3 Å². The van der Waals surface area contributed by atoms with Crippen LogP contribution in [0.25, 0.3) is 22.2 Å². The predicted molar refractivity (Wildman–Crippen MR) is 131 cm³/mol. The third-order valence-electron chi connectivity index (χ3n) is 5.77. The minimum absolute atomic E-state index is 0.216. The SMILES string of the molecule is CC(=O)Nc1cc(Oc2ccc3nc(-c4cnc(N5CCC(F)C5)n(C)c4=O)ccc3c2)ccn1. The minimum atomic E-state index is -0.902. The Kier molecular flexibility index (Phi) is 5.86. The van der Waals surface area contributed by atoms with Gasteiger partial charge in [-0.1, -0.05) is 6.07 Å². The van der Waals surface area contributed by atoms with Crippen molar-refractivity contribution in [2.24, 2.45) is 7.05 Å². The van der Waals surface area contributed by atoms with Gasteiger partial charge in [0.15, 0.2) is 0 Å². The van der Waals surface area contributed by atoms with E-state index in [0.717, 1.165) is 5.39 Å². The van der Waals surface area contributed by atoms with Gasteiger partial charge in [-0.05, 0) is 36.8 Å². The van der Waals surface area contributed by atoms with Crippen LogP contribution in [0.3, 0.4) is 0 Å². The first-order chi connectivity index (χ1) is 16.9. The highest BCUT2D eigenvalue weighted by molar-refractivity contribution is 5.87. The number of nitrogens with one attached hydrogen (secondary N) is 1. The fraction of sp³-hybridized carbons (Fsp3) is 0.240. The number of rotatable bonds is 5. The number of ether oxygens (including phenoxy) is 1. The third-order valence-corrected chi connectivity index (χ3v) is 5.77. The lowest BCUT2D eigenvalue weighted by Gasteiger charge is -2.19. The van der Waals surface area contributed by atoms with E-state index in [1.807, 2.05) is 18.2 Å². The summed E-state index contributed by atoms with van der Waals surface area (Å²) in [7, 11) is 1.64. The summed E-state index contributed by atoms with van der Waals surface area (Å²) in [4.78, 5) is 39.2. The molecular formula is C25H23FN6O3. The average molecular weight is 474 g/mol. The zero-order chi connectivity index (χ0) is 24.5. The normalized spacial score (nSPS) is 15.4. The van der Waals surface area contributed by atoms with Crippen LogP contribution in [-0.4, -0.2) is 44.7 Å². The molecule has 1 atom stereocenters. The van der Waals surface area contributed by atoms with Gasteiger partial charge in [-0.15, -0.1) is 0 Å². The van der Waals surface area contributed by atoms with Crippen LogP contribution < -0.4 is 20.5 Å². The number of carbonyl (C=O) groups excluding carboxylic acids is 1. The van der Waals surface area contributed by atoms with Crippen LogP contribution in [0.15, 0.2) is 59.7 Å². The number of hydrogen-bond donors (Lipinski definition) is 1. The molecular weight excluding hydrogens is 451 g/mol. The number of carbonyl (C=O) groups is 1. The van der Waals surface area contributed by atoms with E-state index >= 15 is 0 Å². The second kappa shape index (κ2) is 9.13. The van der Waals surface area contributed by atoms with Gasteiger partial charge in [0.25, 0.3) is 5.56 Å². The van der Waals surface area contributed by atoms with E-state index in [-0.39, 0.29) is 18.0 Å². The Hall–Kier alpha value is -4.34. The van der Waals surface area contributed by atoms with Crippen molar-refractivity contribution in [3.05, 3.63) is 65.2 Å². The Labute approximate surface area is 200 Å². The van der Waals surface area contributed by atoms with Gasteiger partial charge < -0.3 is 15.0 Å². The number of amides is 1. The third kappa shape index (κ3) is 4.68. The Morgan fingerprint density at radius 1 is 1.14 bits per heavy atom. The molecule has 178 valence electrons. The number of anilines is 2. The first-order valence-corrected chi connectivity index (χ1v) is 11.1. The maximum atomic E-state index is 13.6. The number of pyridine rings is 2. The van der Waals surface area contributed by atoms with Crippen molar-refractivity contribution in [1.82, 2.24) is 19.5 Å². The number of aromatic nitrogens is 4. The minimum Gasteiger partial charge on any atom is -0.457 e. The van der Waals surface area contributed by atoms with Crippen LogP contribution in [0.2, 0.25) is 0 Å². The highest BCUT2D eigenvalue weighted by atomic mass is 19.1. The molecule has 1 saturated heterocycles. The lowest BCUT2D eigenvalue weighted by molar-refractivity contribution is -0.114. The van der Waals surface area contributed by atoms with E-state index in [9.17, 15) is 14.0 Å². The molecule has 1 aliphatic rings. The molecule has 5 rings (SSSR count). The smallest absolute Gasteiger partial charge is 0.264 e. The van der Waals surface area contributed by atoms with Gasteiger partial charge in [0.1, 0.15) is 23.5 Å². The number of hydrogen-bond acceptors (Lipinski definition) is 7. The fourth-order valence-electron chi connectivity index (χ4n) is 4.08. The molecule has 10 heteroatoms. The maximum absolute atomic E-state index is 13.6. The van der Waals surface area contributed by atoms with Gasteiger partial charge in [0, 0.05) is 44.4 Å². The van der Waals surface area contributed by atoms with Crippen molar-refractivity contribution in [3.63, 3.8) is 0 Å². The lowest BCUT2D eigenvalue weighted by atomic mass is 10.1. The topological polar surface area (TPSA) is 102 Å². The molecule has 1 fully saturated rings. The van der Waals surface area contributed by atoms with Crippen molar-refractivity contribution in [2.45, 2.75) is 19.5 Å². The van der Waals surface area contributed by atoms with Crippen molar-refractivity contribution >= 4 is 28.6 Å². The maximum Gasteiger partial charge on any atom is 0.264 e. The van der Waals surface area contributed by atoms with Gasteiger partial charge in [-0.2, -0.15) is 0 Å². The Morgan fingerprint density at radius 3 is 2.74 bits per heavy atom. The van der Waals surface area contributed by atoms with Crippen LogP contribution in [0.4, 0.5) is 16.2 Å². The lowest BCUT2D eigenvalue weighted by Crippen LogP contribution is -2.30. The molecule has 3 aromatic heterocycles. The molecule has 1 unspecified atom stereocenters. The largest absolute Gasteiger partial charge is 0.457 e. The van der Waals surface area contributed by atoms with Crippen LogP contribution in [0, 0.1) is 0 Å². The molecule has 1 aliphatic heterocycles. The van der Waals surface area contributed by atoms with Crippen LogP contribution in [0.1, 0.15) is 13.3 Å². The zero-order valence-corrected chi connectivity index (χ0v) is 19.2. The monoisotopic (exact) mass is 474 g/mol. The van der Waals surface area contributed by atoms with E-state index in [1.54, 1.807) is 42.4 Å². The van der Waals surface area contributed by atoms with E-state index < -0.39 is 6.17 Å². The summed E-state index contributed by atoms with van der Waals surface area (Å²) in [6, 6.07) is 12.4. The summed E-state index contributed by atoms with van der Waals surface area (Å²) in [5.74, 6) is 1.76. The predicted octanol–water partition coefficient (Wildman–Crippen LogP) is 3.69. The zero-order valence-electron chi connectivity index (χ0n) is 19.2. The van der Waals surface area contributed by atoms with Gasteiger partial charge in [-0.3, -0.25) is 14.2 Å². The van der Waals surface area contributed by atoms with Gasteiger partial charge >= 0.3 is 0 Å². The molecule has 1 aromatic carbocycles. The number of fused-ring (bicyclic) bond motifs is 1. The van der Waals surface area contributed by atoms with Crippen LogP contribution in [0.5, 0.6) is 11.5 Å². The average Bonchev–Trinajstić information content (AvgIpc) is 3.26. The second-order valence-electron chi connectivity index (χ2n) is 8.38. The summed E-state index contributed by atoms with van der Waals surface area (Å²) in [5.41, 5.74) is 1.33. The van der Waals surface area contributed by atoms with E-state index in [0.29, 0.717) is 53.0 Å². The molecule has 0 aliphatic carbocycles. The number of alkyl halides is 1. The summed E-state index contributed by atoms with van der Waals surface area (Å²) in [6.07, 6.45) is 2.59. The number of nitrogens with zero attached hydrogens (tertiary/aromatic N) is 5. The Balaban J connectivity index is 1.40. The van der Waals surface area contributed by atoms with Crippen molar-refractivity contribution < 1.29 is 13.9 Å². The first kappa shape index (κ1) is 22.5. The highest BCUT2D eigenvalue weighted by Crippen LogP contribution is 2.28. The van der Waals surface area contributed by atoms with Crippen LogP contribution in [-0.2, 0) is 11.8 Å². The standard InChI is InChI=1S/C25H23FN6O3/c1-15(33)29-23-12-19(7-9-27-23)35-18-4-6-21-16(11-18)3-5-22(30-21)20-13-28-25(31(2)24(20)34)32-10-8-17(26)14-32/h3-7,9,11-13,17H,8,10,14H2,1-2H3,(H,27,29,33). The van der Waals surface area contributed by atoms with Crippen molar-refractivity contribution in [1.29, 1.82) is 0 Å². The molecule has 0 spiro atoms. The molecule has 0 radical (unpaired) electrons. The first-order valence-electron chi connectivity index (χ1n) is 11.1. The molecule has 0 saturated carbocycles. The molecule has 35 heavy (non-hydrogen) atoms. The molecule has 0 bridgehead atoms. The number of benzene rings is 1. The molecule has 4 heterocycles. The van der Waals surface area contributed by atoms with Crippen molar-refractivity contribution in [3.8, 4) is 22.8 Å². The quantitative estimate of drug-likeness (QED) is 0.471. The fourth-order valence-corrected chi connectivity index (χ4v) is 4.08. The summed E-state index contributed by atoms with van der Waals surface area (Å²) < 4.78 is 21.0. The molecule has 1 amide bonds. The second-order valence-corrected chi connectivity index (χ2v) is 8.38. The van der Waals surface area contributed by atoms with E-state index in [2.05, 4.69) is 20.3 Å². The highest BCUT2D eigenvalue weighted by Gasteiger charge is 2.25. The van der Waals surface area contributed by atoms with Gasteiger partial charge in [0.05, 0.1) is 23.3 Å². The summed E-state index contributed by atoms with van der Waals surface area (Å²) >= 11 is 0. The Morgan fingerprint density at radius 2 is 1.97 bits per heavy atom. The molecule has 4 aromatic rings. The van der Waals surface area contributed by atoms with E-state index in [4.69, 9.17) is 4.74 Å². The summed E-state index contributed by atoms with van der Waals surface area (Å²) in [6.45, 7) is 2.19. The van der Waals surface area contributed by atoms with Gasteiger partial charge in [0.2, 0.25) is 11.9 Å².